The van der Waals surface area contributed by atoms with Crippen LogP contribution in [0.4, 0.5) is 4.39 Å². The number of hydrogen-bond donors (Lipinski definition) is 1. The zero-order chi connectivity index (χ0) is 15.3. The lowest BCUT2D eigenvalue weighted by molar-refractivity contribution is 0.00824. The standard InChI is InChI=1S/C19H19FO2/c1-11-14-4-2-3-5-16(14)18-9-13(10-21)22-19(18)17-8-12(20)6-7-15(11)17/h2-8,11,13,18-19,21H,9-10H2,1H3/t11?,13-,18-,19-/m1/s1. The average molecular weight is 298 g/mol. The molecule has 4 rings (SSSR count). The first kappa shape index (κ1) is 13.9. The molecule has 1 saturated heterocycles. The van der Waals surface area contributed by atoms with Crippen LogP contribution in [0.3, 0.4) is 0 Å². The lowest BCUT2D eigenvalue weighted by Gasteiger charge is -2.19. The molecule has 1 unspecified atom stereocenters. The molecule has 1 N–H and O–H groups in total. The number of halogens is 1. The predicted molar refractivity (Wildman–Crippen MR) is 82.4 cm³/mol. The van der Waals surface area contributed by atoms with Crippen LogP contribution in [-0.4, -0.2) is 17.8 Å². The van der Waals surface area contributed by atoms with Crippen LogP contribution in [0.2, 0.25) is 0 Å². The second-order valence-corrected chi connectivity index (χ2v) is 6.33. The predicted octanol–water partition coefficient (Wildman–Crippen LogP) is 3.90. The summed E-state index contributed by atoms with van der Waals surface area (Å²) in [5.41, 5.74) is 4.61. The van der Waals surface area contributed by atoms with Gasteiger partial charge in [0.2, 0.25) is 0 Å². The highest BCUT2D eigenvalue weighted by Crippen LogP contribution is 2.51. The second-order valence-electron chi connectivity index (χ2n) is 6.33. The van der Waals surface area contributed by atoms with Gasteiger partial charge < -0.3 is 9.84 Å². The van der Waals surface area contributed by atoms with Crippen LogP contribution in [0.1, 0.15) is 53.5 Å². The van der Waals surface area contributed by atoms with Crippen LogP contribution in [0.25, 0.3) is 0 Å². The lowest BCUT2D eigenvalue weighted by Crippen LogP contribution is -2.12. The fourth-order valence-electron chi connectivity index (χ4n) is 4.06. The van der Waals surface area contributed by atoms with Gasteiger partial charge in [0.05, 0.1) is 18.8 Å². The number of fused-ring (bicyclic) bond motifs is 5. The third-order valence-corrected chi connectivity index (χ3v) is 5.11. The van der Waals surface area contributed by atoms with Crippen LogP contribution < -0.4 is 0 Å². The molecule has 0 aromatic heterocycles. The minimum Gasteiger partial charge on any atom is -0.394 e. The summed E-state index contributed by atoms with van der Waals surface area (Å²) in [5.74, 6) is 0.166. The number of aliphatic hydroxyl groups excluding tert-OH is 1. The van der Waals surface area contributed by atoms with E-state index in [1.54, 1.807) is 6.07 Å². The Morgan fingerprint density at radius 1 is 1.09 bits per heavy atom. The Balaban J connectivity index is 1.94. The highest BCUT2D eigenvalue weighted by Gasteiger charge is 2.41. The molecule has 1 heterocycles. The molecule has 4 atom stereocenters. The molecule has 0 spiro atoms. The molecule has 2 nitrogen and oxygen atoms in total. The van der Waals surface area contributed by atoms with Gasteiger partial charge in [-0.15, -0.1) is 0 Å². The number of aliphatic hydroxyl groups is 1. The minimum atomic E-state index is -0.230. The Bertz CT molecular complexity index is 712. The maximum Gasteiger partial charge on any atom is 0.123 e. The van der Waals surface area contributed by atoms with E-state index in [-0.39, 0.29) is 36.5 Å². The van der Waals surface area contributed by atoms with E-state index in [0.717, 1.165) is 17.5 Å². The molecule has 0 radical (unpaired) electrons. The van der Waals surface area contributed by atoms with Gasteiger partial charge in [-0.1, -0.05) is 37.3 Å². The van der Waals surface area contributed by atoms with Gasteiger partial charge >= 0.3 is 0 Å². The Hall–Kier alpha value is -1.71. The molecule has 0 saturated carbocycles. The molecule has 1 fully saturated rings. The van der Waals surface area contributed by atoms with Gasteiger partial charge in [-0.25, -0.2) is 4.39 Å². The summed E-state index contributed by atoms with van der Waals surface area (Å²) in [6.45, 7) is 2.18. The average Bonchev–Trinajstić information content (AvgIpc) is 2.95. The van der Waals surface area contributed by atoms with Crippen LogP contribution >= 0.6 is 0 Å². The van der Waals surface area contributed by atoms with Crippen LogP contribution in [0.15, 0.2) is 42.5 Å². The molecule has 1 aliphatic carbocycles. The first-order chi connectivity index (χ1) is 10.7. The maximum absolute atomic E-state index is 13.8. The van der Waals surface area contributed by atoms with Crippen molar-refractivity contribution in [2.75, 3.05) is 6.61 Å². The number of hydrogen-bond acceptors (Lipinski definition) is 2. The van der Waals surface area contributed by atoms with Crippen molar-refractivity contribution >= 4 is 0 Å². The quantitative estimate of drug-likeness (QED) is 0.865. The van der Waals surface area contributed by atoms with Gasteiger partial charge in [-0.3, -0.25) is 0 Å². The van der Waals surface area contributed by atoms with E-state index in [1.165, 1.54) is 17.2 Å². The van der Waals surface area contributed by atoms with Gasteiger partial charge in [0.1, 0.15) is 5.82 Å². The molecule has 3 heteroatoms. The fourth-order valence-corrected chi connectivity index (χ4v) is 4.06. The first-order valence-corrected chi connectivity index (χ1v) is 7.83. The van der Waals surface area contributed by atoms with Crippen molar-refractivity contribution in [1.29, 1.82) is 0 Å². The van der Waals surface area contributed by atoms with Crippen molar-refractivity contribution in [1.82, 2.24) is 0 Å². The first-order valence-electron chi connectivity index (χ1n) is 7.83. The third kappa shape index (κ3) is 2.00. The number of rotatable bonds is 1. The largest absolute Gasteiger partial charge is 0.394 e. The number of benzene rings is 2. The highest BCUT2D eigenvalue weighted by molar-refractivity contribution is 5.48. The molecule has 0 amide bonds. The Labute approximate surface area is 129 Å². The molecule has 1 aliphatic heterocycles. The van der Waals surface area contributed by atoms with Gasteiger partial charge in [-0.05, 0) is 40.8 Å². The molecular formula is C19H19FO2. The van der Waals surface area contributed by atoms with E-state index in [0.29, 0.717) is 0 Å². The summed E-state index contributed by atoms with van der Waals surface area (Å²) in [7, 11) is 0. The van der Waals surface area contributed by atoms with E-state index in [2.05, 4.69) is 25.1 Å². The molecule has 22 heavy (non-hydrogen) atoms. The lowest BCUT2D eigenvalue weighted by atomic mass is 9.86. The van der Waals surface area contributed by atoms with Crippen LogP contribution in [0.5, 0.6) is 0 Å². The van der Waals surface area contributed by atoms with Crippen LogP contribution in [0, 0.1) is 5.82 Å². The molecule has 2 aromatic carbocycles. The summed E-state index contributed by atoms with van der Waals surface area (Å²) >= 11 is 0. The topological polar surface area (TPSA) is 29.5 Å². The van der Waals surface area contributed by atoms with Crippen molar-refractivity contribution in [3.8, 4) is 0 Å². The summed E-state index contributed by atoms with van der Waals surface area (Å²) < 4.78 is 19.9. The summed E-state index contributed by atoms with van der Waals surface area (Å²) in [6.07, 6.45) is 0.433. The summed E-state index contributed by atoms with van der Waals surface area (Å²) in [6, 6.07) is 13.4. The molecular weight excluding hydrogens is 279 g/mol. The SMILES string of the molecule is CC1c2ccccc2[C@H]2C[C@H](CO)O[C@@H]2c2cc(F)ccc21. The number of ether oxygens (including phenoxy) is 1. The highest BCUT2D eigenvalue weighted by atomic mass is 19.1. The van der Waals surface area contributed by atoms with Crippen molar-refractivity contribution in [2.24, 2.45) is 0 Å². The normalized spacial score (nSPS) is 29.4. The van der Waals surface area contributed by atoms with E-state index in [9.17, 15) is 9.50 Å². The smallest absolute Gasteiger partial charge is 0.123 e. The van der Waals surface area contributed by atoms with E-state index in [4.69, 9.17) is 4.74 Å². The van der Waals surface area contributed by atoms with E-state index in [1.807, 2.05) is 12.1 Å². The van der Waals surface area contributed by atoms with E-state index < -0.39 is 0 Å². The monoisotopic (exact) mass is 298 g/mol. The van der Waals surface area contributed by atoms with E-state index >= 15 is 0 Å². The molecule has 2 aromatic rings. The van der Waals surface area contributed by atoms with Crippen molar-refractivity contribution < 1.29 is 14.2 Å². The third-order valence-electron chi connectivity index (χ3n) is 5.11. The van der Waals surface area contributed by atoms with Crippen molar-refractivity contribution in [3.05, 3.63) is 70.5 Å². The van der Waals surface area contributed by atoms with Gasteiger partial charge in [0, 0.05) is 11.8 Å². The van der Waals surface area contributed by atoms with Crippen molar-refractivity contribution in [3.63, 3.8) is 0 Å². The zero-order valence-corrected chi connectivity index (χ0v) is 12.5. The Morgan fingerprint density at radius 3 is 2.59 bits per heavy atom. The zero-order valence-electron chi connectivity index (χ0n) is 12.5. The summed E-state index contributed by atoms with van der Waals surface area (Å²) in [5, 5.41) is 9.49. The fraction of sp³-hybridized carbons (Fsp3) is 0.368. The van der Waals surface area contributed by atoms with Gasteiger partial charge in [0.25, 0.3) is 0 Å². The Kier molecular flexibility index (Phi) is 3.28. The molecule has 114 valence electrons. The van der Waals surface area contributed by atoms with Crippen LogP contribution in [-0.2, 0) is 4.74 Å². The Morgan fingerprint density at radius 2 is 1.82 bits per heavy atom. The second kappa shape index (κ2) is 5.18. The van der Waals surface area contributed by atoms with Gasteiger partial charge in [-0.2, -0.15) is 0 Å². The molecule has 2 aliphatic rings. The maximum atomic E-state index is 13.8. The minimum absolute atomic E-state index is 0.00930. The molecule has 0 bridgehead atoms. The van der Waals surface area contributed by atoms with Gasteiger partial charge in [0.15, 0.2) is 0 Å². The summed E-state index contributed by atoms with van der Waals surface area (Å²) in [4.78, 5) is 0. The van der Waals surface area contributed by atoms with Crippen molar-refractivity contribution in [2.45, 2.75) is 37.4 Å².